The molecule has 2 rings (SSSR count). The van der Waals surface area contributed by atoms with E-state index in [1.165, 1.54) is 56.7 Å². The first-order chi connectivity index (χ1) is 8.77. The quantitative estimate of drug-likeness (QED) is 0.804. The van der Waals surface area contributed by atoms with Gasteiger partial charge in [-0.3, -0.25) is 0 Å². The zero-order valence-electron chi connectivity index (χ0n) is 10.7. The third-order valence-electron chi connectivity index (χ3n) is 3.72. The zero-order chi connectivity index (χ0) is 12.8. The van der Waals surface area contributed by atoms with Crippen molar-refractivity contribution in [3.05, 3.63) is 35.4 Å². The third kappa shape index (κ3) is 3.77. The number of rotatable bonds is 4. The largest absolute Gasteiger partial charge is 0.314 e. The molecule has 0 atom stereocenters. The van der Waals surface area contributed by atoms with Crippen LogP contribution in [0.5, 0.6) is 0 Å². The van der Waals surface area contributed by atoms with E-state index in [0.717, 1.165) is 0 Å². The van der Waals surface area contributed by atoms with E-state index in [9.17, 15) is 8.78 Å². The second kappa shape index (κ2) is 6.83. The van der Waals surface area contributed by atoms with E-state index in [1.807, 2.05) is 0 Å². The molecule has 1 aromatic carbocycles. The summed E-state index contributed by atoms with van der Waals surface area (Å²) in [4.78, 5) is 0. The second-order valence-corrected chi connectivity index (χ2v) is 5.09. The van der Waals surface area contributed by atoms with Gasteiger partial charge in [-0.05, 0) is 37.9 Å². The molecule has 1 saturated carbocycles. The summed E-state index contributed by atoms with van der Waals surface area (Å²) in [5.41, 5.74) is 0.207. The summed E-state index contributed by atoms with van der Waals surface area (Å²) in [7, 11) is 0. The van der Waals surface area contributed by atoms with Crippen LogP contribution < -0.4 is 5.32 Å². The highest BCUT2D eigenvalue weighted by Crippen LogP contribution is 2.17. The van der Waals surface area contributed by atoms with Gasteiger partial charge in [-0.1, -0.05) is 31.7 Å². The lowest BCUT2D eigenvalue weighted by molar-refractivity contribution is 0.456. The Labute approximate surface area is 108 Å². The molecule has 0 amide bonds. The lowest BCUT2D eigenvalue weighted by Gasteiger charge is -2.16. The Hall–Kier alpha value is -0.960. The summed E-state index contributed by atoms with van der Waals surface area (Å²) in [5, 5.41) is 3.43. The first-order valence-electron chi connectivity index (χ1n) is 6.93. The Morgan fingerprint density at radius 1 is 1.00 bits per heavy atom. The average molecular weight is 253 g/mol. The normalized spacial score (nSPS) is 17.7. The molecule has 0 aliphatic heterocycles. The highest BCUT2D eigenvalue weighted by molar-refractivity contribution is 5.19. The molecule has 0 unspecified atom stereocenters. The summed E-state index contributed by atoms with van der Waals surface area (Å²) < 4.78 is 26.8. The van der Waals surface area contributed by atoms with Gasteiger partial charge in [-0.15, -0.1) is 0 Å². The molecule has 0 bridgehead atoms. The van der Waals surface area contributed by atoms with Gasteiger partial charge in [-0.2, -0.15) is 0 Å². The van der Waals surface area contributed by atoms with E-state index in [2.05, 4.69) is 5.32 Å². The molecule has 3 heteroatoms. The van der Waals surface area contributed by atoms with Gasteiger partial charge in [-0.25, -0.2) is 8.78 Å². The molecule has 1 aliphatic rings. The molecular weight excluding hydrogens is 232 g/mol. The van der Waals surface area contributed by atoms with E-state index in [1.54, 1.807) is 0 Å². The van der Waals surface area contributed by atoms with Gasteiger partial charge < -0.3 is 5.32 Å². The molecular formula is C15H21F2N. The highest BCUT2D eigenvalue weighted by atomic mass is 19.1. The van der Waals surface area contributed by atoms with Crippen molar-refractivity contribution >= 4 is 0 Å². The third-order valence-corrected chi connectivity index (χ3v) is 3.72. The monoisotopic (exact) mass is 253 g/mol. The van der Waals surface area contributed by atoms with Crippen molar-refractivity contribution in [3.63, 3.8) is 0 Å². The van der Waals surface area contributed by atoms with Crippen LogP contribution in [0.1, 0.15) is 44.1 Å². The molecule has 0 saturated heterocycles. The fourth-order valence-corrected chi connectivity index (χ4v) is 2.66. The maximum atomic E-state index is 13.4. The Morgan fingerprint density at radius 2 is 1.61 bits per heavy atom. The Kier molecular flexibility index (Phi) is 5.12. The first-order valence-corrected chi connectivity index (χ1v) is 6.93. The van der Waals surface area contributed by atoms with Crippen molar-refractivity contribution in [2.45, 2.75) is 51.0 Å². The maximum Gasteiger partial charge on any atom is 0.129 e. The maximum absolute atomic E-state index is 13.4. The van der Waals surface area contributed by atoms with Crippen LogP contribution in [0.15, 0.2) is 18.2 Å². The Morgan fingerprint density at radius 3 is 2.22 bits per heavy atom. The molecule has 1 N–H and O–H groups in total. The van der Waals surface area contributed by atoms with Gasteiger partial charge in [0.1, 0.15) is 11.6 Å². The van der Waals surface area contributed by atoms with Crippen LogP contribution in [0, 0.1) is 11.6 Å². The minimum atomic E-state index is -0.433. The van der Waals surface area contributed by atoms with Crippen LogP contribution in [0.25, 0.3) is 0 Å². The van der Waals surface area contributed by atoms with Crippen LogP contribution in [0.4, 0.5) is 8.78 Å². The van der Waals surface area contributed by atoms with Gasteiger partial charge in [0.05, 0.1) is 0 Å². The molecule has 1 fully saturated rings. The summed E-state index contributed by atoms with van der Waals surface area (Å²) in [6, 6.07) is 4.59. The molecule has 1 aliphatic carbocycles. The number of hydrogen-bond acceptors (Lipinski definition) is 1. The topological polar surface area (TPSA) is 12.0 Å². The van der Waals surface area contributed by atoms with Gasteiger partial charge in [0.15, 0.2) is 0 Å². The van der Waals surface area contributed by atoms with Crippen molar-refractivity contribution in [1.29, 1.82) is 0 Å². The molecule has 0 spiro atoms. The van der Waals surface area contributed by atoms with Gasteiger partial charge in [0, 0.05) is 11.6 Å². The lowest BCUT2D eigenvalue weighted by Crippen LogP contribution is -2.30. The van der Waals surface area contributed by atoms with Crippen LogP contribution in [-0.4, -0.2) is 12.6 Å². The van der Waals surface area contributed by atoms with Gasteiger partial charge in [0.2, 0.25) is 0 Å². The smallest absolute Gasteiger partial charge is 0.129 e. The minimum absolute atomic E-state index is 0.207. The number of nitrogens with one attached hydrogen (secondary N) is 1. The van der Waals surface area contributed by atoms with Crippen LogP contribution >= 0.6 is 0 Å². The number of hydrogen-bond donors (Lipinski definition) is 1. The SMILES string of the molecule is Fc1cccc(F)c1CCNC1CCCCCC1. The van der Waals surface area contributed by atoms with Crippen molar-refractivity contribution in [2.24, 2.45) is 0 Å². The van der Waals surface area contributed by atoms with Crippen molar-refractivity contribution in [2.75, 3.05) is 6.54 Å². The average Bonchev–Trinajstić information content (AvgIpc) is 2.61. The Balaban J connectivity index is 1.80. The molecule has 18 heavy (non-hydrogen) atoms. The van der Waals surface area contributed by atoms with Crippen molar-refractivity contribution in [3.8, 4) is 0 Å². The molecule has 1 aromatic rings. The summed E-state index contributed by atoms with van der Waals surface area (Å²) in [6.07, 6.45) is 7.99. The predicted molar refractivity (Wildman–Crippen MR) is 69.6 cm³/mol. The number of benzene rings is 1. The molecule has 100 valence electrons. The molecule has 0 radical (unpaired) electrons. The molecule has 0 aromatic heterocycles. The zero-order valence-corrected chi connectivity index (χ0v) is 10.7. The molecule has 1 nitrogen and oxygen atoms in total. The molecule has 0 heterocycles. The van der Waals surface area contributed by atoms with E-state index in [4.69, 9.17) is 0 Å². The first kappa shape index (κ1) is 13.5. The lowest BCUT2D eigenvalue weighted by atomic mass is 10.1. The summed E-state index contributed by atoms with van der Waals surface area (Å²) >= 11 is 0. The minimum Gasteiger partial charge on any atom is -0.314 e. The number of halogens is 2. The predicted octanol–water partition coefficient (Wildman–Crippen LogP) is 3.82. The van der Waals surface area contributed by atoms with Crippen LogP contribution in [-0.2, 0) is 6.42 Å². The fourth-order valence-electron chi connectivity index (χ4n) is 2.66. The van der Waals surface area contributed by atoms with E-state index in [0.29, 0.717) is 19.0 Å². The standard InChI is InChI=1S/C15H21F2N/c16-14-8-5-9-15(17)13(14)10-11-18-12-6-3-1-2-4-7-12/h5,8-9,12,18H,1-4,6-7,10-11H2. The van der Waals surface area contributed by atoms with Crippen LogP contribution in [0.2, 0.25) is 0 Å². The highest BCUT2D eigenvalue weighted by Gasteiger charge is 2.12. The summed E-state index contributed by atoms with van der Waals surface area (Å²) in [5.74, 6) is -0.865. The fraction of sp³-hybridized carbons (Fsp3) is 0.600. The Bertz CT molecular complexity index is 351. The van der Waals surface area contributed by atoms with Crippen molar-refractivity contribution < 1.29 is 8.78 Å². The van der Waals surface area contributed by atoms with E-state index < -0.39 is 11.6 Å². The van der Waals surface area contributed by atoms with Gasteiger partial charge >= 0.3 is 0 Å². The second-order valence-electron chi connectivity index (χ2n) is 5.09. The summed E-state index contributed by atoms with van der Waals surface area (Å²) in [6.45, 7) is 0.655. The van der Waals surface area contributed by atoms with Crippen LogP contribution in [0.3, 0.4) is 0 Å². The van der Waals surface area contributed by atoms with E-state index in [-0.39, 0.29) is 5.56 Å². The van der Waals surface area contributed by atoms with Crippen molar-refractivity contribution in [1.82, 2.24) is 5.32 Å². The van der Waals surface area contributed by atoms with Gasteiger partial charge in [0.25, 0.3) is 0 Å². The van der Waals surface area contributed by atoms with E-state index >= 15 is 0 Å².